The van der Waals surface area contributed by atoms with Crippen molar-refractivity contribution in [1.29, 1.82) is 5.26 Å². The quantitative estimate of drug-likeness (QED) is 0.321. The van der Waals surface area contributed by atoms with Crippen LogP contribution < -0.4 is 10.1 Å². The molecule has 0 radical (unpaired) electrons. The first-order valence-electron chi connectivity index (χ1n) is 15.6. The first kappa shape index (κ1) is 33.6. The summed E-state index contributed by atoms with van der Waals surface area (Å²) in [5, 5.41) is 11.6. The molecule has 2 aliphatic rings. The number of rotatable bonds is 9. The Balaban J connectivity index is 1.11. The van der Waals surface area contributed by atoms with Crippen LogP contribution in [-0.2, 0) is 6.54 Å². The summed E-state index contributed by atoms with van der Waals surface area (Å²) in [5.74, 6) is -2.76. The fourth-order valence-electron chi connectivity index (χ4n) is 6.25. The van der Waals surface area contributed by atoms with Gasteiger partial charge in [-0.2, -0.15) is 18.4 Å². The average Bonchev–Trinajstić information content (AvgIpc) is 3.10. The van der Waals surface area contributed by atoms with Crippen molar-refractivity contribution < 1.29 is 32.3 Å². The monoisotopic (exact) mass is 647 g/mol. The lowest BCUT2D eigenvalue weighted by Gasteiger charge is -2.39. The van der Waals surface area contributed by atoms with Crippen LogP contribution in [0.4, 0.5) is 13.2 Å². The van der Waals surface area contributed by atoms with Gasteiger partial charge in [-0.15, -0.1) is 0 Å². The van der Waals surface area contributed by atoms with E-state index in [1.54, 1.807) is 65.4 Å². The molecule has 1 N–H and O–H groups in total. The number of amides is 2. The third-order valence-electron chi connectivity index (χ3n) is 9.05. The van der Waals surface area contributed by atoms with Crippen molar-refractivity contribution in [3.8, 4) is 11.8 Å². The number of carbonyl (C=O) groups is 3. The van der Waals surface area contributed by atoms with E-state index in [1.807, 2.05) is 6.07 Å². The number of methoxy groups -OCH3 is 1. The van der Waals surface area contributed by atoms with Crippen LogP contribution in [0.5, 0.6) is 5.75 Å². The molecule has 2 amide bonds. The summed E-state index contributed by atoms with van der Waals surface area (Å²) < 4.78 is 47.3. The number of Topliss-reactive ketones (excluding diaryl/α,β-unsaturated/α-hetero) is 1. The summed E-state index contributed by atoms with van der Waals surface area (Å²) >= 11 is 0. The van der Waals surface area contributed by atoms with Crippen molar-refractivity contribution in [2.45, 2.75) is 32.0 Å². The van der Waals surface area contributed by atoms with Gasteiger partial charge in [0.1, 0.15) is 11.4 Å². The summed E-state index contributed by atoms with van der Waals surface area (Å²) in [6.45, 7) is 1.24. The molecule has 2 fully saturated rings. The van der Waals surface area contributed by atoms with E-state index in [2.05, 4.69) is 10.3 Å². The van der Waals surface area contributed by atoms with Crippen LogP contribution in [0.2, 0.25) is 0 Å². The number of nitrogens with zero attached hydrogens (tertiary/aromatic N) is 4. The van der Waals surface area contributed by atoms with Crippen molar-refractivity contribution >= 4 is 17.6 Å². The van der Waals surface area contributed by atoms with E-state index in [0.29, 0.717) is 55.9 Å². The maximum Gasteiger partial charge on any atom is 0.393 e. The lowest BCUT2D eigenvalue weighted by atomic mass is 9.84. The summed E-state index contributed by atoms with van der Waals surface area (Å²) in [6.07, 6.45) is -1.88. The smallest absolute Gasteiger partial charge is 0.393 e. The van der Waals surface area contributed by atoms with Crippen LogP contribution in [0.25, 0.3) is 0 Å². The lowest BCUT2D eigenvalue weighted by Crippen LogP contribution is -2.49. The standard InChI is InChI=1S/C35H36F3N5O4/c1-47-29-9-6-25(7-10-29)32(44)26-13-16-43(17-14-26)34(46)31-11-8-28(20-40-31)33(45)41-19-27-12-15-42(22-30(27)35(36,37)38)21-24-4-2-23(18-39)3-5-24/h2-11,20,26-27,30H,12-17,19,21-22H2,1H3,(H,41,45). The van der Waals surface area contributed by atoms with E-state index >= 15 is 0 Å². The Morgan fingerprint density at radius 2 is 1.64 bits per heavy atom. The first-order chi connectivity index (χ1) is 22.5. The Morgan fingerprint density at radius 3 is 2.23 bits per heavy atom. The number of piperidine rings is 2. The van der Waals surface area contributed by atoms with Gasteiger partial charge in [0.15, 0.2) is 5.78 Å². The summed E-state index contributed by atoms with van der Waals surface area (Å²) in [5.41, 5.74) is 2.21. The fourth-order valence-corrected chi connectivity index (χ4v) is 6.25. The number of hydrogen-bond acceptors (Lipinski definition) is 7. The van der Waals surface area contributed by atoms with Crippen LogP contribution in [-0.4, -0.2) is 78.4 Å². The number of halogens is 3. The van der Waals surface area contributed by atoms with Crippen LogP contribution in [0.3, 0.4) is 0 Å². The minimum atomic E-state index is -4.43. The van der Waals surface area contributed by atoms with Crippen molar-refractivity contribution in [1.82, 2.24) is 20.1 Å². The molecule has 47 heavy (non-hydrogen) atoms. The molecule has 0 aliphatic carbocycles. The Bertz CT molecular complexity index is 1600. The zero-order chi connectivity index (χ0) is 33.6. The van der Waals surface area contributed by atoms with Gasteiger partial charge in [0, 0.05) is 50.4 Å². The number of hydrogen-bond donors (Lipinski definition) is 1. The Labute approximate surface area is 271 Å². The number of ether oxygens (including phenoxy) is 1. The highest BCUT2D eigenvalue weighted by atomic mass is 19.4. The molecule has 3 aromatic rings. The number of aromatic nitrogens is 1. The van der Waals surface area contributed by atoms with Crippen molar-refractivity contribution in [3.05, 3.63) is 94.8 Å². The normalized spacial score (nSPS) is 19.1. The summed E-state index contributed by atoms with van der Waals surface area (Å²) in [7, 11) is 1.56. The molecule has 2 aromatic carbocycles. The Hall–Kier alpha value is -4.76. The van der Waals surface area contributed by atoms with Crippen molar-refractivity contribution in [2.75, 3.05) is 39.8 Å². The van der Waals surface area contributed by atoms with Crippen LogP contribution >= 0.6 is 0 Å². The maximum atomic E-state index is 14.0. The molecule has 0 spiro atoms. The Morgan fingerprint density at radius 1 is 0.957 bits per heavy atom. The van der Waals surface area contributed by atoms with Crippen LogP contribution in [0.15, 0.2) is 66.9 Å². The predicted octanol–water partition coefficient (Wildman–Crippen LogP) is 5.13. The number of carbonyl (C=O) groups excluding carboxylic acids is 3. The second-order valence-electron chi connectivity index (χ2n) is 12.0. The second-order valence-corrected chi connectivity index (χ2v) is 12.0. The molecular formula is C35H36F3N5O4. The van der Waals surface area contributed by atoms with Gasteiger partial charge in [0.25, 0.3) is 11.8 Å². The van der Waals surface area contributed by atoms with Gasteiger partial charge in [-0.25, -0.2) is 0 Å². The minimum absolute atomic E-state index is 0.0310. The number of alkyl halides is 3. The molecule has 0 saturated carbocycles. The fraction of sp³-hybridized carbons (Fsp3) is 0.400. The molecule has 2 unspecified atom stereocenters. The molecule has 2 aliphatic heterocycles. The maximum absolute atomic E-state index is 14.0. The van der Waals surface area contributed by atoms with Gasteiger partial charge in [0.05, 0.1) is 30.2 Å². The molecule has 1 aromatic heterocycles. The molecular weight excluding hydrogens is 611 g/mol. The molecule has 3 heterocycles. The number of nitrogens with one attached hydrogen (secondary N) is 1. The summed E-state index contributed by atoms with van der Waals surface area (Å²) in [6, 6.07) is 18.6. The zero-order valence-electron chi connectivity index (χ0n) is 26.0. The Kier molecular flexibility index (Phi) is 10.6. The molecule has 0 bridgehead atoms. The van der Waals surface area contributed by atoms with E-state index < -0.39 is 23.9 Å². The van der Waals surface area contributed by atoms with Gasteiger partial charge >= 0.3 is 6.18 Å². The van der Waals surface area contributed by atoms with Gasteiger partial charge in [0.2, 0.25) is 0 Å². The number of nitriles is 1. The lowest BCUT2D eigenvalue weighted by molar-refractivity contribution is -0.201. The molecule has 12 heteroatoms. The predicted molar refractivity (Wildman–Crippen MR) is 167 cm³/mol. The highest BCUT2D eigenvalue weighted by Gasteiger charge is 2.47. The molecule has 2 atom stereocenters. The van der Waals surface area contributed by atoms with E-state index in [-0.39, 0.29) is 48.4 Å². The van der Waals surface area contributed by atoms with E-state index in [1.165, 1.54) is 18.3 Å². The van der Waals surface area contributed by atoms with Gasteiger partial charge in [-0.1, -0.05) is 12.1 Å². The minimum Gasteiger partial charge on any atom is -0.497 e. The van der Waals surface area contributed by atoms with Gasteiger partial charge in [-0.05, 0) is 85.8 Å². The topological polar surface area (TPSA) is 116 Å². The van der Waals surface area contributed by atoms with Gasteiger partial charge < -0.3 is 15.0 Å². The SMILES string of the molecule is COc1ccc(C(=O)C2CCN(C(=O)c3ccc(C(=O)NCC4CCN(Cc5ccc(C#N)cc5)CC4C(F)(F)F)cn3)CC2)cc1. The van der Waals surface area contributed by atoms with E-state index in [4.69, 9.17) is 10.00 Å². The summed E-state index contributed by atoms with van der Waals surface area (Å²) in [4.78, 5) is 46.4. The van der Waals surface area contributed by atoms with Crippen LogP contribution in [0, 0.1) is 29.1 Å². The van der Waals surface area contributed by atoms with Crippen molar-refractivity contribution in [2.24, 2.45) is 17.8 Å². The number of ketones is 1. The number of pyridine rings is 1. The van der Waals surface area contributed by atoms with Crippen LogP contribution in [0.1, 0.15) is 61.6 Å². The third-order valence-corrected chi connectivity index (χ3v) is 9.05. The first-order valence-corrected chi connectivity index (χ1v) is 15.6. The second kappa shape index (κ2) is 14.8. The third kappa shape index (κ3) is 8.34. The van der Waals surface area contributed by atoms with Crippen molar-refractivity contribution in [3.63, 3.8) is 0 Å². The molecule has 246 valence electrons. The largest absolute Gasteiger partial charge is 0.497 e. The number of benzene rings is 2. The highest BCUT2D eigenvalue weighted by Crippen LogP contribution is 2.37. The average molecular weight is 648 g/mol. The van der Waals surface area contributed by atoms with Gasteiger partial charge in [-0.3, -0.25) is 24.3 Å². The number of likely N-dealkylation sites (tertiary alicyclic amines) is 2. The highest BCUT2D eigenvalue weighted by molar-refractivity contribution is 5.99. The zero-order valence-corrected chi connectivity index (χ0v) is 26.0. The van der Waals surface area contributed by atoms with E-state index in [0.717, 1.165) is 5.56 Å². The molecule has 5 rings (SSSR count). The van der Waals surface area contributed by atoms with E-state index in [9.17, 15) is 27.6 Å². The molecule has 9 nitrogen and oxygen atoms in total. The molecule has 2 saturated heterocycles.